The monoisotopic (exact) mass is 323 g/mol. The molecule has 3 heteroatoms. The van der Waals surface area contributed by atoms with Gasteiger partial charge in [0.2, 0.25) is 0 Å². The summed E-state index contributed by atoms with van der Waals surface area (Å²) in [5.41, 5.74) is 3.49. The first-order valence-electron chi connectivity index (χ1n) is 8.45. The Morgan fingerprint density at radius 1 is 0.760 bits per heavy atom. The minimum absolute atomic E-state index is 0.783. The molecule has 0 aliphatic carbocycles. The van der Waals surface area contributed by atoms with Crippen molar-refractivity contribution in [3.63, 3.8) is 0 Å². The van der Waals surface area contributed by atoms with Gasteiger partial charge in [-0.15, -0.1) is 0 Å². The Hall–Kier alpha value is -3.33. The summed E-state index contributed by atoms with van der Waals surface area (Å²) in [4.78, 5) is 0. The SMILES string of the molecule is c1ccc2c(CNc3ccc4[nH]ncc4c3)c3ccccc3cc2c1. The Morgan fingerprint density at radius 3 is 2.24 bits per heavy atom. The number of hydrogen-bond donors (Lipinski definition) is 2. The van der Waals surface area contributed by atoms with E-state index in [1.165, 1.54) is 27.1 Å². The molecule has 1 heterocycles. The Labute approximate surface area is 145 Å². The van der Waals surface area contributed by atoms with Crippen LogP contribution in [0.3, 0.4) is 0 Å². The number of benzene rings is 4. The molecule has 1 aromatic heterocycles. The lowest BCUT2D eigenvalue weighted by atomic mass is 9.96. The molecule has 0 fully saturated rings. The van der Waals surface area contributed by atoms with E-state index in [-0.39, 0.29) is 0 Å². The van der Waals surface area contributed by atoms with Crippen LogP contribution in [0.5, 0.6) is 0 Å². The molecule has 0 amide bonds. The van der Waals surface area contributed by atoms with Crippen molar-refractivity contribution in [3.05, 3.63) is 84.6 Å². The van der Waals surface area contributed by atoms with Crippen LogP contribution in [-0.2, 0) is 6.54 Å². The standard InChI is InChI=1S/C22H17N3/c1-3-7-19-15(5-1)11-16-6-2-4-8-20(16)21(19)14-23-18-9-10-22-17(12-18)13-24-25-22/h1-13,23H,14H2,(H,24,25). The van der Waals surface area contributed by atoms with E-state index < -0.39 is 0 Å². The molecule has 4 aromatic carbocycles. The summed E-state index contributed by atoms with van der Waals surface area (Å²) in [6.45, 7) is 0.783. The van der Waals surface area contributed by atoms with E-state index in [1.807, 2.05) is 6.20 Å². The number of nitrogens with one attached hydrogen (secondary N) is 2. The molecule has 0 saturated carbocycles. The molecule has 25 heavy (non-hydrogen) atoms. The molecule has 3 nitrogen and oxygen atoms in total. The van der Waals surface area contributed by atoms with Crippen LogP contribution >= 0.6 is 0 Å². The summed E-state index contributed by atoms with van der Waals surface area (Å²) in [7, 11) is 0. The molecule has 0 spiro atoms. The fraction of sp³-hybridized carbons (Fsp3) is 0.0455. The van der Waals surface area contributed by atoms with Gasteiger partial charge in [-0.3, -0.25) is 5.10 Å². The third-order valence-electron chi connectivity index (χ3n) is 4.79. The molecule has 0 atom stereocenters. The molecule has 0 radical (unpaired) electrons. The van der Waals surface area contributed by atoms with Crippen LogP contribution in [-0.4, -0.2) is 10.2 Å². The maximum Gasteiger partial charge on any atom is 0.0651 e. The molecule has 0 saturated heterocycles. The number of rotatable bonds is 3. The number of fused-ring (bicyclic) bond motifs is 3. The summed E-state index contributed by atoms with van der Waals surface area (Å²) in [5, 5.41) is 17.0. The number of hydrogen-bond acceptors (Lipinski definition) is 2. The summed E-state index contributed by atoms with van der Waals surface area (Å²) in [6, 6.07) is 25.7. The van der Waals surface area contributed by atoms with Crippen LogP contribution in [0.4, 0.5) is 5.69 Å². The topological polar surface area (TPSA) is 40.7 Å². The highest BCUT2D eigenvalue weighted by molar-refractivity contribution is 6.02. The molecule has 5 rings (SSSR count). The normalized spacial score (nSPS) is 11.4. The lowest BCUT2D eigenvalue weighted by molar-refractivity contribution is 1.12. The second-order valence-electron chi connectivity index (χ2n) is 6.32. The third kappa shape index (κ3) is 2.41. The predicted molar refractivity (Wildman–Crippen MR) is 105 cm³/mol. The zero-order valence-electron chi connectivity index (χ0n) is 13.7. The van der Waals surface area contributed by atoms with E-state index >= 15 is 0 Å². The molecular weight excluding hydrogens is 306 g/mol. The van der Waals surface area contributed by atoms with Gasteiger partial charge >= 0.3 is 0 Å². The van der Waals surface area contributed by atoms with Crippen LogP contribution in [0.1, 0.15) is 5.56 Å². The maximum atomic E-state index is 4.09. The van der Waals surface area contributed by atoms with Gasteiger partial charge in [-0.25, -0.2) is 0 Å². The van der Waals surface area contributed by atoms with Gasteiger partial charge in [-0.1, -0.05) is 48.5 Å². The van der Waals surface area contributed by atoms with Gasteiger partial charge in [0.05, 0.1) is 11.7 Å². The first kappa shape index (κ1) is 14.1. The van der Waals surface area contributed by atoms with Crippen LogP contribution in [0, 0.1) is 0 Å². The number of aromatic amines is 1. The highest BCUT2D eigenvalue weighted by Gasteiger charge is 2.07. The predicted octanol–water partition coefficient (Wildman–Crippen LogP) is 5.48. The van der Waals surface area contributed by atoms with Crippen molar-refractivity contribution in [2.75, 3.05) is 5.32 Å². The van der Waals surface area contributed by atoms with Crippen molar-refractivity contribution in [1.82, 2.24) is 10.2 Å². The zero-order valence-corrected chi connectivity index (χ0v) is 13.7. The number of H-pyrrole nitrogens is 1. The van der Waals surface area contributed by atoms with Crippen LogP contribution in [0.15, 0.2) is 79.0 Å². The van der Waals surface area contributed by atoms with Crippen molar-refractivity contribution in [2.24, 2.45) is 0 Å². The molecule has 0 bridgehead atoms. The molecule has 0 aliphatic rings. The molecule has 0 aliphatic heterocycles. The lowest BCUT2D eigenvalue weighted by Gasteiger charge is -2.13. The Kier molecular flexibility index (Phi) is 3.17. The first-order chi connectivity index (χ1) is 12.4. The van der Waals surface area contributed by atoms with Gasteiger partial charge < -0.3 is 5.32 Å². The van der Waals surface area contributed by atoms with Crippen LogP contribution < -0.4 is 5.32 Å². The molecule has 2 N–H and O–H groups in total. The fourth-order valence-electron chi connectivity index (χ4n) is 3.54. The second-order valence-corrected chi connectivity index (χ2v) is 6.32. The van der Waals surface area contributed by atoms with Gasteiger partial charge in [0.25, 0.3) is 0 Å². The zero-order chi connectivity index (χ0) is 16.6. The molecule has 5 aromatic rings. The number of anilines is 1. The average Bonchev–Trinajstić information content (AvgIpc) is 3.13. The highest BCUT2D eigenvalue weighted by Crippen LogP contribution is 2.29. The van der Waals surface area contributed by atoms with Crippen molar-refractivity contribution >= 4 is 38.1 Å². The Morgan fingerprint density at radius 2 is 1.48 bits per heavy atom. The van der Waals surface area contributed by atoms with E-state index in [4.69, 9.17) is 0 Å². The van der Waals surface area contributed by atoms with Crippen LogP contribution in [0.2, 0.25) is 0 Å². The Balaban J connectivity index is 1.60. The highest BCUT2D eigenvalue weighted by atomic mass is 15.1. The number of nitrogens with zero attached hydrogens (tertiary/aromatic N) is 1. The quantitative estimate of drug-likeness (QED) is 0.432. The minimum Gasteiger partial charge on any atom is -0.381 e. The van der Waals surface area contributed by atoms with Gasteiger partial charge in [-0.05, 0) is 51.4 Å². The largest absolute Gasteiger partial charge is 0.381 e. The summed E-state index contributed by atoms with van der Waals surface area (Å²) in [5.74, 6) is 0. The number of aromatic nitrogens is 2. The smallest absolute Gasteiger partial charge is 0.0651 e. The van der Waals surface area contributed by atoms with Gasteiger partial charge in [-0.2, -0.15) is 5.10 Å². The third-order valence-corrected chi connectivity index (χ3v) is 4.79. The molecule has 120 valence electrons. The van der Waals surface area contributed by atoms with E-state index in [9.17, 15) is 0 Å². The van der Waals surface area contributed by atoms with Crippen molar-refractivity contribution in [1.29, 1.82) is 0 Å². The maximum absolute atomic E-state index is 4.09. The summed E-state index contributed by atoms with van der Waals surface area (Å²) < 4.78 is 0. The van der Waals surface area contributed by atoms with Crippen molar-refractivity contribution < 1.29 is 0 Å². The average molecular weight is 323 g/mol. The van der Waals surface area contributed by atoms with Crippen LogP contribution in [0.25, 0.3) is 32.4 Å². The van der Waals surface area contributed by atoms with E-state index in [2.05, 4.69) is 88.3 Å². The minimum atomic E-state index is 0.783. The van der Waals surface area contributed by atoms with E-state index in [1.54, 1.807) is 0 Å². The lowest BCUT2D eigenvalue weighted by Crippen LogP contribution is -2.01. The Bertz CT molecular complexity index is 1150. The van der Waals surface area contributed by atoms with Crippen molar-refractivity contribution in [3.8, 4) is 0 Å². The first-order valence-corrected chi connectivity index (χ1v) is 8.45. The summed E-state index contributed by atoms with van der Waals surface area (Å²) in [6.07, 6.45) is 1.85. The molecular formula is C22H17N3. The summed E-state index contributed by atoms with van der Waals surface area (Å²) >= 11 is 0. The van der Waals surface area contributed by atoms with Crippen molar-refractivity contribution in [2.45, 2.75) is 6.54 Å². The van der Waals surface area contributed by atoms with E-state index in [0.29, 0.717) is 0 Å². The molecule has 0 unspecified atom stereocenters. The fourth-order valence-corrected chi connectivity index (χ4v) is 3.54. The second kappa shape index (κ2) is 5.64. The van der Waals surface area contributed by atoms with Gasteiger partial charge in [0.1, 0.15) is 0 Å². The van der Waals surface area contributed by atoms with E-state index in [0.717, 1.165) is 23.1 Å². The van der Waals surface area contributed by atoms with Gasteiger partial charge in [0.15, 0.2) is 0 Å². The van der Waals surface area contributed by atoms with Gasteiger partial charge in [0, 0.05) is 17.6 Å².